The van der Waals surface area contributed by atoms with Gasteiger partial charge in [-0.05, 0) is 44.9 Å². The van der Waals surface area contributed by atoms with Crippen molar-refractivity contribution in [1.82, 2.24) is 25.7 Å². The third-order valence-corrected chi connectivity index (χ3v) is 5.50. The fourth-order valence-corrected chi connectivity index (χ4v) is 3.78. The van der Waals surface area contributed by atoms with Crippen LogP contribution in [0.1, 0.15) is 38.5 Å². The summed E-state index contributed by atoms with van der Waals surface area (Å²) in [6.45, 7) is 6.28. The van der Waals surface area contributed by atoms with Gasteiger partial charge in [-0.2, -0.15) is 4.98 Å². The van der Waals surface area contributed by atoms with Gasteiger partial charge in [-0.25, -0.2) is 0 Å². The molecule has 3 rings (SSSR count). The van der Waals surface area contributed by atoms with Crippen LogP contribution in [-0.4, -0.2) is 60.3 Å². The van der Waals surface area contributed by atoms with Gasteiger partial charge in [-0.3, -0.25) is 4.99 Å². The molecule has 0 spiro atoms. The number of likely N-dealkylation sites (tertiary alicyclic amines) is 1. The van der Waals surface area contributed by atoms with Gasteiger partial charge in [0.2, 0.25) is 11.7 Å². The summed E-state index contributed by atoms with van der Waals surface area (Å²) >= 11 is 6.02. The maximum atomic E-state index is 6.02. The summed E-state index contributed by atoms with van der Waals surface area (Å²) in [4.78, 5) is 11.3. The molecule has 1 unspecified atom stereocenters. The molecule has 0 aliphatic carbocycles. The molecule has 2 N–H and O–H groups in total. The molecule has 1 saturated heterocycles. The van der Waals surface area contributed by atoms with Crippen molar-refractivity contribution in [3.8, 4) is 11.4 Å². The number of rotatable bonds is 8. The number of guanidine groups is 1. The van der Waals surface area contributed by atoms with Crippen molar-refractivity contribution in [3.63, 3.8) is 0 Å². The lowest BCUT2D eigenvalue weighted by atomic mass is 10.0. The van der Waals surface area contributed by atoms with E-state index in [0.29, 0.717) is 35.7 Å². The van der Waals surface area contributed by atoms with Gasteiger partial charge in [0.15, 0.2) is 5.96 Å². The van der Waals surface area contributed by atoms with Crippen LogP contribution in [0.4, 0.5) is 0 Å². The Labute approximate surface area is 177 Å². The van der Waals surface area contributed by atoms with Gasteiger partial charge in [0, 0.05) is 49.7 Å². The molecule has 1 aliphatic rings. The van der Waals surface area contributed by atoms with E-state index in [1.807, 2.05) is 24.3 Å². The molecule has 0 amide bonds. The number of aromatic nitrogens is 2. The van der Waals surface area contributed by atoms with E-state index in [2.05, 4.69) is 37.6 Å². The van der Waals surface area contributed by atoms with Crippen molar-refractivity contribution in [3.05, 3.63) is 35.2 Å². The van der Waals surface area contributed by atoms with Crippen LogP contribution < -0.4 is 10.6 Å². The summed E-state index contributed by atoms with van der Waals surface area (Å²) in [5.41, 5.74) is 0.848. The quantitative estimate of drug-likeness (QED) is 0.389. The van der Waals surface area contributed by atoms with Gasteiger partial charge < -0.3 is 20.1 Å². The summed E-state index contributed by atoms with van der Waals surface area (Å²) in [6, 6.07) is 8.14. The van der Waals surface area contributed by atoms with E-state index in [0.717, 1.165) is 31.0 Å². The molecule has 29 heavy (non-hydrogen) atoms. The van der Waals surface area contributed by atoms with Crippen molar-refractivity contribution < 1.29 is 4.52 Å². The van der Waals surface area contributed by atoms with Crippen molar-refractivity contribution >= 4 is 17.6 Å². The van der Waals surface area contributed by atoms with Gasteiger partial charge in [0.25, 0.3) is 0 Å². The predicted molar refractivity (Wildman–Crippen MR) is 117 cm³/mol. The van der Waals surface area contributed by atoms with Crippen LogP contribution in [0, 0.1) is 0 Å². The first kappa shape index (κ1) is 21.6. The Kier molecular flexibility index (Phi) is 8.31. The van der Waals surface area contributed by atoms with Gasteiger partial charge in [0.05, 0.1) is 0 Å². The molecule has 158 valence electrons. The Morgan fingerprint density at radius 2 is 2.17 bits per heavy atom. The summed E-state index contributed by atoms with van der Waals surface area (Å²) < 4.78 is 5.34. The fourth-order valence-electron chi connectivity index (χ4n) is 3.59. The lowest BCUT2D eigenvalue weighted by molar-refractivity contribution is 0.159. The smallest absolute Gasteiger partial charge is 0.228 e. The van der Waals surface area contributed by atoms with Crippen LogP contribution in [0.25, 0.3) is 11.4 Å². The second-order valence-corrected chi connectivity index (χ2v) is 7.87. The van der Waals surface area contributed by atoms with Gasteiger partial charge in [0.1, 0.15) is 0 Å². The highest BCUT2D eigenvalue weighted by molar-refractivity contribution is 6.30. The van der Waals surface area contributed by atoms with Crippen molar-refractivity contribution in [2.24, 2.45) is 4.99 Å². The SMILES string of the molecule is CN=C(NCCCN1CCCCC1C)NCCc1nc(-c2cccc(Cl)c2)no1. The normalized spacial score (nSPS) is 18.0. The first-order valence-electron chi connectivity index (χ1n) is 10.4. The lowest BCUT2D eigenvalue weighted by Gasteiger charge is -2.33. The number of hydrogen-bond acceptors (Lipinski definition) is 5. The van der Waals surface area contributed by atoms with E-state index in [4.69, 9.17) is 16.1 Å². The van der Waals surface area contributed by atoms with E-state index in [9.17, 15) is 0 Å². The highest BCUT2D eigenvalue weighted by Crippen LogP contribution is 2.20. The molecule has 1 aliphatic heterocycles. The third kappa shape index (κ3) is 6.72. The molecular formula is C21H31ClN6O. The first-order chi connectivity index (χ1) is 14.2. The van der Waals surface area contributed by atoms with Crippen LogP contribution >= 0.6 is 11.6 Å². The van der Waals surface area contributed by atoms with E-state index in [-0.39, 0.29) is 0 Å². The van der Waals surface area contributed by atoms with Crippen LogP contribution in [0.3, 0.4) is 0 Å². The standard InChI is InChI=1S/C21H31ClN6O/c1-16-7-3-4-13-28(16)14-6-11-24-21(23-2)25-12-10-19-26-20(27-29-19)17-8-5-9-18(22)15-17/h5,8-9,15-16H,3-4,6-7,10-14H2,1-2H3,(H2,23,24,25). The minimum atomic E-state index is 0.553. The molecule has 8 heteroatoms. The average Bonchev–Trinajstić information content (AvgIpc) is 3.20. The second kappa shape index (κ2) is 11.2. The summed E-state index contributed by atoms with van der Waals surface area (Å²) in [7, 11) is 1.78. The first-order valence-corrected chi connectivity index (χ1v) is 10.8. The Bertz CT molecular complexity index is 793. The van der Waals surface area contributed by atoms with Gasteiger partial charge in [-0.15, -0.1) is 0 Å². The van der Waals surface area contributed by atoms with Crippen LogP contribution in [0.2, 0.25) is 5.02 Å². The summed E-state index contributed by atoms with van der Waals surface area (Å²) in [5, 5.41) is 11.4. The number of hydrogen-bond donors (Lipinski definition) is 2. The highest BCUT2D eigenvalue weighted by atomic mass is 35.5. The maximum absolute atomic E-state index is 6.02. The molecule has 0 saturated carbocycles. The van der Waals surface area contributed by atoms with E-state index >= 15 is 0 Å². The number of halogens is 1. The largest absolute Gasteiger partial charge is 0.356 e. The molecule has 0 bridgehead atoms. The minimum Gasteiger partial charge on any atom is -0.356 e. The second-order valence-electron chi connectivity index (χ2n) is 7.43. The number of piperidine rings is 1. The van der Waals surface area contributed by atoms with E-state index in [1.54, 1.807) is 7.05 Å². The third-order valence-electron chi connectivity index (χ3n) is 5.26. The zero-order valence-corrected chi connectivity index (χ0v) is 18.1. The van der Waals surface area contributed by atoms with Gasteiger partial charge >= 0.3 is 0 Å². The maximum Gasteiger partial charge on any atom is 0.228 e. The van der Waals surface area contributed by atoms with E-state index in [1.165, 1.54) is 25.8 Å². The van der Waals surface area contributed by atoms with Gasteiger partial charge in [-0.1, -0.05) is 35.3 Å². The van der Waals surface area contributed by atoms with Crippen molar-refractivity contribution in [1.29, 1.82) is 0 Å². The Hall–Kier alpha value is -2.12. The Morgan fingerprint density at radius 3 is 2.97 bits per heavy atom. The Balaban J connectivity index is 1.36. The fraction of sp³-hybridized carbons (Fsp3) is 0.571. The topological polar surface area (TPSA) is 78.6 Å². The zero-order chi connectivity index (χ0) is 20.5. The number of benzene rings is 1. The molecule has 0 radical (unpaired) electrons. The van der Waals surface area contributed by atoms with E-state index < -0.39 is 0 Å². The number of nitrogens with zero attached hydrogens (tertiary/aromatic N) is 4. The van der Waals surface area contributed by atoms with Crippen LogP contribution in [0.15, 0.2) is 33.8 Å². The number of nitrogens with one attached hydrogen (secondary N) is 2. The minimum absolute atomic E-state index is 0.553. The average molecular weight is 419 g/mol. The van der Waals surface area contributed by atoms with Crippen LogP contribution in [-0.2, 0) is 6.42 Å². The highest BCUT2D eigenvalue weighted by Gasteiger charge is 2.17. The lowest BCUT2D eigenvalue weighted by Crippen LogP contribution is -2.41. The Morgan fingerprint density at radius 1 is 1.31 bits per heavy atom. The predicted octanol–water partition coefficient (Wildman–Crippen LogP) is 3.36. The monoisotopic (exact) mass is 418 g/mol. The number of aliphatic imine (C=N–C) groups is 1. The van der Waals surface area contributed by atoms with Crippen molar-refractivity contribution in [2.45, 2.75) is 45.1 Å². The molecule has 1 aromatic carbocycles. The molecule has 2 aromatic rings. The molecular weight excluding hydrogens is 388 g/mol. The molecule has 1 fully saturated rings. The zero-order valence-electron chi connectivity index (χ0n) is 17.3. The molecule has 2 heterocycles. The summed E-state index contributed by atoms with van der Waals surface area (Å²) in [6.07, 6.45) is 5.76. The van der Waals surface area contributed by atoms with Crippen molar-refractivity contribution in [2.75, 3.05) is 33.2 Å². The molecule has 7 nitrogen and oxygen atoms in total. The molecule has 1 atom stereocenters. The molecule has 1 aromatic heterocycles. The van der Waals surface area contributed by atoms with Crippen LogP contribution in [0.5, 0.6) is 0 Å². The summed E-state index contributed by atoms with van der Waals surface area (Å²) in [5.74, 6) is 1.94.